The molecule has 0 spiro atoms. The molecular weight excluding hydrogens is 396 g/mol. The maximum absolute atomic E-state index is 12.3. The van der Waals surface area contributed by atoms with Crippen LogP contribution in [0.1, 0.15) is 5.56 Å². The minimum absolute atomic E-state index is 0.136. The third kappa shape index (κ3) is 3.76. The first-order valence-corrected chi connectivity index (χ1v) is 9.95. The van der Waals surface area contributed by atoms with Crippen LogP contribution >= 0.6 is 23.4 Å². The van der Waals surface area contributed by atoms with Gasteiger partial charge in [-0.2, -0.15) is 0 Å². The van der Waals surface area contributed by atoms with E-state index in [0.29, 0.717) is 27.5 Å². The highest BCUT2D eigenvalue weighted by molar-refractivity contribution is 7.99. The Morgan fingerprint density at radius 1 is 1.21 bits per heavy atom. The van der Waals surface area contributed by atoms with Crippen molar-refractivity contribution in [1.29, 1.82) is 0 Å². The number of anilines is 1. The fraction of sp³-hybridized carbons (Fsp3) is 0.150. The van der Waals surface area contributed by atoms with Crippen LogP contribution in [0.4, 0.5) is 5.69 Å². The summed E-state index contributed by atoms with van der Waals surface area (Å²) in [6.45, 7) is 1.92. The number of aromatic nitrogens is 3. The lowest BCUT2D eigenvalue weighted by molar-refractivity contribution is -0.113. The van der Waals surface area contributed by atoms with Gasteiger partial charge >= 0.3 is 0 Å². The zero-order valence-electron chi connectivity index (χ0n) is 15.3. The molecule has 0 aliphatic heterocycles. The van der Waals surface area contributed by atoms with Gasteiger partial charge in [-0.15, -0.1) is 10.2 Å². The van der Waals surface area contributed by atoms with Gasteiger partial charge in [0.1, 0.15) is 5.58 Å². The summed E-state index contributed by atoms with van der Waals surface area (Å²) in [7, 11) is 1.85. The number of carbonyl (C=O) groups is 1. The lowest BCUT2D eigenvalue weighted by atomic mass is 10.2. The molecule has 0 saturated heterocycles. The van der Waals surface area contributed by atoms with E-state index in [9.17, 15) is 4.79 Å². The molecule has 0 bridgehead atoms. The molecule has 1 amide bonds. The molecule has 2 heterocycles. The van der Waals surface area contributed by atoms with Gasteiger partial charge in [0.2, 0.25) is 5.91 Å². The average molecular weight is 413 g/mol. The van der Waals surface area contributed by atoms with Crippen molar-refractivity contribution in [2.45, 2.75) is 12.1 Å². The molecule has 0 atom stereocenters. The van der Waals surface area contributed by atoms with Gasteiger partial charge < -0.3 is 14.3 Å². The van der Waals surface area contributed by atoms with Gasteiger partial charge in [-0.25, -0.2) is 0 Å². The molecule has 0 aliphatic rings. The smallest absolute Gasteiger partial charge is 0.234 e. The fourth-order valence-corrected chi connectivity index (χ4v) is 3.68. The predicted molar refractivity (Wildman–Crippen MR) is 112 cm³/mol. The summed E-state index contributed by atoms with van der Waals surface area (Å²) in [6, 6.07) is 15.1. The molecule has 1 N–H and O–H groups in total. The number of nitrogens with zero attached hydrogens (tertiary/aromatic N) is 3. The van der Waals surface area contributed by atoms with Crippen molar-refractivity contribution in [3.8, 4) is 11.6 Å². The van der Waals surface area contributed by atoms with Crippen LogP contribution in [-0.4, -0.2) is 26.4 Å². The molecular formula is C20H17ClN4O2S. The number of furan rings is 1. The Morgan fingerprint density at radius 2 is 2.04 bits per heavy atom. The van der Waals surface area contributed by atoms with E-state index in [2.05, 4.69) is 15.5 Å². The summed E-state index contributed by atoms with van der Waals surface area (Å²) < 4.78 is 7.67. The van der Waals surface area contributed by atoms with E-state index in [1.807, 2.05) is 54.9 Å². The van der Waals surface area contributed by atoms with Crippen molar-refractivity contribution < 1.29 is 9.21 Å². The maximum Gasteiger partial charge on any atom is 0.234 e. The maximum atomic E-state index is 12.3. The second kappa shape index (κ2) is 7.69. The van der Waals surface area contributed by atoms with E-state index < -0.39 is 0 Å². The normalized spacial score (nSPS) is 11.1. The molecule has 2 aromatic carbocycles. The summed E-state index contributed by atoms with van der Waals surface area (Å²) in [5, 5.41) is 13.5. The van der Waals surface area contributed by atoms with Crippen molar-refractivity contribution >= 4 is 45.9 Å². The Bertz CT molecular complexity index is 1140. The van der Waals surface area contributed by atoms with E-state index in [1.54, 1.807) is 12.1 Å². The van der Waals surface area contributed by atoms with Crippen molar-refractivity contribution in [3.63, 3.8) is 0 Å². The van der Waals surface area contributed by atoms with Gasteiger partial charge in [-0.3, -0.25) is 4.79 Å². The molecule has 4 aromatic rings. The van der Waals surface area contributed by atoms with Gasteiger partial charge in [0.05, 0.1) is 5.75 Å². The molecule has 28 heavy (non-hydrogen) atoms. The minimum atomic E-state index is -0.136. The Hall–Kier alpha value is -2.77. The summed E-state index contributed by atoms with van der Waals surface area (Å²) in [5.41, 5.74) is 2.46. The largest absolute Gasteiger partial charge is 0.453 e. The lowest BCUT2D eigenvalue weighted by Gasteiger charge is -2.08. The van der Waals surface area contributed by atoms with Crippen LogP contribution in [0.25, 0.3) is 22.6 Å². The molecule has 0 radical (unpaired) electrons. The van der Waals surface area contributed by atoms with E-state index in [1.165, 1.54) is 11.8 Å². The molecule has 0 aliphatic carbocycles. The van der Waals surface area contributed by atoms with Crippen molar-refractivity contribution in [3.05, 3.63) is 59.1 Å². The Labute approximate surface area is 170 Å². The van der Waals surface area contributed by atoms with Crippen LogP contribution < -0.4 is 5.32 Å². The highest BCUT2D eigenvalue weighted by Crippen LogP contribution is 2.28. The average Bonchev–Trinajstić information content (AvgIpc) is 3.26. The zero-order valence-corrected chi connectivity index (χ0v) is 16.8. The number of benzene rings is 2. The lowest BCUT2D eigenvalue weighted by Crippen LogP contribution is -2.15. The summed E-state index contributed by atoms with van der Waals surface area (Å²) in [4.78, 5) is 12.3. The number of fused-ring (bicyclic) bond motifs is 1. The third-order valence-corrected chi connectivity index (χ3v) is 5.54. The minimum Gasteiger partial charge on any atom is -0.453 e. The SMILES string of the molecule is Cc1ccc(Cl)cc1NC(=O)CSc1nnc(-c2cc3ccccc3o2)n1C. The van der Waals surface area contributed by atoms with Crippen LogP contribution in [0, 0.1) is 6.92 Å². The van der Waals surface area contributed by atoms with Crippen LogP contribution in [0.5, 0.6) is 0 Å². The topological polar surface area (TPSA) is 73.0 Å². The van der Waals surface area contributed by atoms with Crippen LogP contribution in [0.2, 0.25) is 5.02 Å². The Morgan fingerprint density at radius 3 is 2.86 bits per heavy atom. The second-order valence-electron chi connectivity index (χ2n) is 6.31. The quantitative estimate of drug-likeness (QED) is 0.471. The standard InChI is InChI=1S/C20H17ClN4O2S/c1-12-7-8-14(21)10-15(12)22-18(26)11-28-20-24-23-19(25(20)2)17-9-13-5-3-4-6-16(13)27-17/h3-10H,11H2,1-2H3,(H,22,26). The summed E-state index contributed by atoms with van der Waals surface area (Å²) in [6.07, 6.45) is 0. The van der Waals surface area contributed by atoms with Crippen molar-refractivity contribution in [2.75, 3.05) is 11.1 Å². The first kappa shape index (κ1) is 18.6. The molecule has 2 aromatic heterocycles. The van der Waals surface area contributed by atoms with Gasteiger partial charge in [0.15, 0.2) is 16.7 Å². The number of para-hydroxylation sites is 1. The molecule has 0 unspecified atom stereocenters. The number of hydrogen-bond acceptors (Lipinski definition) is 5. The van der Waals surface area contributed by atoms with Gasteiger partial charge in [0.25, 0.3) is 0 Å². The highest BCUT2D eigenvalue weighted by atomic mass is 35.5. The predicted octanol–water partition coefficient (Wildman–Crippen LogP) is 4.92. The number of aryl methyl sites for hydroxylation is 1. The van der Waals surface area contributed by atoms with E-state index in [0.717, 1.165) is 16.5 Å². The first-order chi connectivity index (χ1) is 13.5. The number of thioether (sulfide) groups is 1. The van der Waals surface area contributed by atoms with Gasteiger partial charge in [-0.1, -0.05) is 47.6 Å². The fourth-order valence-electron chi connectivity index (χ4n) is 2.79. The van der Waals surface area contributed by atoms with Crippen LogP contribution in [-0.2, 0) is 11.8 Å². The Balaban J connectivity index is 1.46. The summed E-state index contributed by atoms with van der Waals surface area (Å²) in [5.74, 6) is 1.33. The van der Waals surface area contributed by atoms with Crippen molar-refractivity contribution in [2.24, 2.45) is 7.05 Å². The molecule has 6 nitrogen and oxygen atoms in total. The molecule has 8 heteroatoms. The first-order valence-electron chi connectivity index (χ1n) is 8.58. The number of hydrogen-bond donors (Lipinski definition) is 1. The van der Waals surface area contributed by atoms with Crippen LogP contribution in [0.3, 0.4) is 0 Å². The number of carbonyl (C=O) groups excluding carboxylic acids is 1. The second-order valence-corrected chi connectivity index (χ2v) is 7.69. The van der Waals surface area contributed by atoms with E-state index in [-0.39, 0.29) is 11.7 Å². The molecule has 0 saturated carbocycles. The van der Waals surface area contributed by atoms with Gasteiger partial charge in [0, 0.05) is 23.1 Å². The highest BCUT2D eigenvalue weighted by Gasteiger charge is 2.16. The molecule has 142 valence electrons. The monoisotopic (exact) mass is 412 g/mol. The van der Waals surface area contributed by atoms with Gasteiger partial charge in [-0.05, 0) is 36.8 Å². The summed E-state index contributed by atoms with van der Waals surface area (Å²) >= 11 is 7.31. The third-order valence-electron chi connectivity index (χ3n) is 4.29. The molecule has 0 fully saturated rings. The zero-order chi connectivity index (χ0) is 19.7. The number of nitrogens with one attached hydrogen (secondary N) is 1. The van der Waals surface area contributed by atoms with E-state index in [4.69, 9.17) is 16.0 Å². The molecule has 4 rings (SSSR count). The number of halogens is 1. The number of rotatable bonds is 5. The van der Waals surface area contributed by atoms with Crippen molar-refractivity contribution in [1.82, 2.24) is 14.8 Å². The van der Waals surface area contributed by atoms with E-state index >= 15 is 0 Å². The number of amides is 1. The van der Waals surface area contributed by atoms with Crippen LogP contribution in [0.15, 0.2) is 58.1 Å². The Kier molecular flexibility index (Phi) is 5.11.